The monoisotopic (exact) mass is 378 g/mol. The molecule has 148 valence electrons. The first-order chi connectivity index (χ1) is 13.1. The van der Waals surface area contributed by atoms with E-state index in [0.29, 0.717) is 32.8 Å². The fourth-order valence-corrected chi connectivity index (χ4v) is 3.22. The molecule has 10 heteroatoms. The summed E-state index contributed by atoms with van der Waals surface area (Å²) in [4.78, 5) is 41.9. The minimum Gasteiger partial charge on any atom is -0.450 e. The Labute approximate surface area is 157 Å². The van der Waals surface area contributed by atoms with Crippen LogP contribution in [-0.2, 0) is 16.1 Å². The molecule has 2 aliphatic rings. The van der Waals surface area contributed by atoms with Crippen LogP contribution in [0.4, 0.5) is 10.5 Å². The summed E-state index contributed by atoms with van der Waals surface area (Å²) in [5.74, 6) is -0.178. The van der Waals surface area contributed by atoms with Crippen LogP contribution in [0.25, 0.3) is 0 Å². The van der Waals surface area contributed by atoms with Gasteiger partial charge in [-0.2, -0.15) is 5.10 Å². The van der Waals surface area contributed by atoms with Gasteiger partial charge in [-0.3, -0.25) is 9.59 Å². The van der Waals surface area contributed by atoms with E-state index in [2.05, 4.69) is 15.3 Å². The largest absolute Gasteiger partial charge is 0.450 e. The van der Waals surface area contributed by atoms with E-state index >= 15 is 0 Å². The van der Waals surface area contributed by atoms with Crippen molar-refractivity contribution in [2.45, 2.75) is 13.5 Å². The maximum atomic E-state index is 12.5. The van der Waals surface area contributed by atoms with Crippen molar-refractivity contribution in [3.8, 4) is 0 Å². The summed E-state index contributed by atoms with van der Waals surface area (Å²) in [6.07, 6.45) is 1.28. The molecule has 1 aromatic heterocycles. The second kappa shape index (κ2) is 8.85. The molecule has 0 saturated carbocycles. The maximum Gasteiger partial charge on any atom is 0.409 e. The number of rotatable bonds is 4. The van der Waals surface area contributed by atoms with Gasteiger partial charge in [-0.1, -0.05) is 0 Å². The van der Waals surface area contributed by atoms with Crippen molar-refractivity contribution < 1.29 is 14.3 Å². The molecule has 0 aliphatic carbocycles. The van der Waals surface area contributed by atoms with Crippen molar-refractivity contribution >= 4 is 17.7 Å². The van der Waals surface area contributed by atoms with Crippen LogP contribution in [-0.4, -0.2) is 90.5 Å². The van der Waals surface area contributed by atoms with Crippen molar-refractivity contribution in [3.05, 3.63) is 22.6 Å². The molecule has 10 nitrogen and oxygen atoms in total. The SMILES string of the molecule is CCOC(=O)N1CCN(C(=O)Cn2ncc(N3CCNCC3)cc2=O)CC1. The lowest BCUT2D eigenvalue weighted by Gasteiger charge is -2.34. The van der Waals surface area contributed by atoms with E-state index in [-0.39, 0.29) is 24.1 Å². The standard InChI is InChI=1S/C17H26N6O4/c1-2-27-17(26)22-9-7-21(8-10-22)16(25)13-23-15(24)11-14(12-19-23)20-5-3-18-4-6-20/h11-12,18H,2-10,13H2,1H3. The first-order valence-corrected chi connectivity index (χ1v) is 9.31. The Morgan fingerprint density at radius 1 is 1.11 bits per heavy atom. The van der Waals surface area contributed by atoms with Crippen LogP contribution in [0, 0.1) is 0 Å². The molecule has 0 unspecified atom stereocenters. The number of nitrogens with zero attached hydrogens (tertiary/aromatic N) is 5. The Bertz CT molecular complexity index is 722. The number of nitrogens with one attached hydrogen (secondary N) is 1. The third-order valence-corrected chi connectivity index (χ3v) is 4.78. The predicted octanol–water partition coefficient (Wildman–Crippen LogP) is -1.05. The summed E-state index contributed by atoms with van der Waals surface area (Å²) >= 11 is 0. The summed E-state index contributed by atoms with van der Waals surface area (Å²) in [7, 11) is 0. The van der Waals surface area contributed by atoms with Gasteiger partial charge >= 0.3 is 6.09 Å². The van der Waals surface area contributed by atoms with Crippen LogP contribution in [0.2, 0.25) is 0 Å². The van der Waals surface area contributed by atoms with Gasteiger partial charge in [0.15, 0.2) is 0 Å². The van der Waals surface area contributed by atoms with Crippen LogP contribution >= 0.6 is 0 Å². The van der Waals surface area contributed by atoms with Crippen LogP contribution in [0.3, 0.4) is 0 Å². The Morgan fingerprint density at radius 3 is 2.41 bits per heavy atom. The molecular formula is C17H26N6O4. The minimum atomic E-state index is -0.356. The molecule has 2 aliphatic heterocycles. The highest BCUT2D eigenvalue weighted by Gasteiger charge is 2.25. The number of anilines is 1. The van der Waals surface area contributed by atoms with Gasteiger partial charge < -0.3 is 24.8 Å². The van der Waals surface area contributed by atoms with Crippen molar-refractivity contribution in [3.63, 3.8) is 0 Å². The zero-order chi connectivity index (χ0) is 19.2. The van der Waals surface area contributed by atoms with Crippen LogP contribution in [0.15, 0.2) is 17.1 Å². The number of piperazine rings is 2. The van der Waals surface area contributed by atoms with Crippen LogP contribution in [0.5, 0.6) is 0 Å². The smallest absolute Gasteiger partial charge is 0.409 e. The van der Waals surface area contributed by atoms with Crippen molar-refractivity contribution in [1.29, 1.82) is 0 Å². The number of carbonyl (C=O) groups is 2. The van der Waals surface area contributed by atoms with Crippen LogP contribution in [0.1, 0.15) is 6.92 Å². The van der Waals surface area contributed by atoms with E-state index in [0.717, 1.165) is 31.9 Å². The first kappa shape index (κ1) is 19.2. The molecular weight excluding hydrogens is 352 g/mol. The molecule has 1 aromatic rings. The van der Waals surface area contributed by atoms with Gasteiger partial charge in [-0.05, 0) is 6.92 Å². The summed E-state index contributed by atoms with van der Waals surface area (Å²) in [6, 6.07) is 1.53. The number of amides is 2. The number of ether oxygens (including phenoxy) is 1. The second-order valence-corrected chi connectivity index (χ2v) is 6.51. The van der Waals surface area contributed by atoms with E-state index in [4.69, 9.17) is 4.74 Å². The number of hydrogen-bond acceptors (Lipinski definition) is 7. The number of hydrogen-bond donors (Lipinski definition) is 1. The van der Waals surface area contributed by atoms with Gasteiger partial charge in [0.2, 0.25) is 5.91 Å². The fraction of sp³-hybridized carbons (Fsp3) is 0.647. The molecule has 2 saturated heterocycles. The van der Waals surface area contributed by atoms with Gasteiger partial charge in [-0.15, -0.1) is 0 Å². The summed E-state index contributed by atoms with van der Waals surface area (Å²) in [5, 5.41) is 7.43. The minimum absolute atomic E-state index is 0.0971. The third kappa shape index (κ3) is 4.76. The van der Waals surface area contributed by atoms with Crippen LogP contribution < -0.4 is 15.8 Å². The summed E-state index contributed by atoms with van der Waals surface area (Å²) in [6.45, 7) is 7.09. The topological polar surface area (TPSA) is 100 Å². The zero-order valence-corrected chi connectivity index (χ0v) is 15.6. The normalized spacial score (nSPS) is 17.7. The van der Waals surface area contributed by atoms with Crippen molar-refractivity contribution in [1.82, 2.24) is 24.9 Å². The highest BCUT2D eigenvalue weighted by molar-refractivity contribution is 5.76. The molecule has 0 radical (unpaired) electrons. The van der Waals surface area contributed by atoms with E-state index in [1.807, 2.05) is 0 Å². The van der Waals surface area contributed by atoms with Crippen molar-refractivity contribution in [2.24, 2.45) is 0 Å². The quantitative estimate of drug-likeness (QED) is 0.714. The Balaban J connectivity index is 1.55. The van der Waals surface area contributed by atoms with Gasteiger partial charge in [0.1, 0.15) is 6.54 Å². The average molecular weight is 378 g/mol. The van der Waals surface area contributed by atoms with E-state index in [1.54, 1.807) is 22.9 Å². The molecule has 1 N–H and O–H groups in total. The fourth-order valence-electron chi connectivity index (χ4n) is 3.22. The van der Waals surface area contributed by atoms with Crippen molar-refractivity contribution in [2.75, 3.05) is 63.9 Å². The highest BCUT2D eigenvalue weighted by atomic mass is 16.6. The predicted molar refractivity (Wildman–Crippen MR) is 98.8 cm³/mol. The molecule has 3 heterocycles. The molecule has 0 atom stereocenters. The van der Waals surface area contributed by atoms with E-state index in [9.17, 15) is 14.4 Å². The number of aromatic nitrogens is 2. The lowest BCUT2D eigenvalue weighted by Crippen LogP contribution is -2.51. The zero-order valence-electron chi connectivity index (χ0n) is 15.6. The second-order valence-electron chi connectivity index (χ2n) is 6.51. The number of carbonyl (C=O) groups excluding carboxylic acids is 2. The lowest BCUT2D eigenvalue weighted by atomic mass is 10.3. The summed E-state index contributed by atoms with van der Waals surface area (Å²) in [5.41, 5.74) is 0.498. The maximum absolute atomic E-state index is 12.5. The highest BCUT2D eigenvalue weighted by Crippen LogP contribution is 2.10. The average Bonchev–Trinajstić information content (AvgIpc) is 2.70. The lowest BCUT2D eigenvalue weighted by molar-refractivity contribution is -0.133. The first-order valence-electron chi connectivity index (χ1n) is 9.31. The third-order valence-electron chi connectivity index (χ3n) is 4.78. The molecule has 0 aromatic carbocycles. The van der Waals surface area contributed by atoms with Gasteiger partial charge in [0.25, 0.3) is 5.56 Å². The van der Waals surface area contributed by atoms with Gasteiger partial charge in [-0.25, -0.2) is 9.48 Å². The van der Waals surface area contributed by atoms with Gasteiger partial charge in [0.05, 0.1) is 18.5 Å². The molecule has 2 fully saturated rings. The Hall–Kier alpha value is -2.62. The molecule has 0 spiro atoms. The summed E-state index contributed by atoms with van der Waals surface area (Å²) < 4.78 is 6.16. The molecule has 3 rings (SSSR count). The van der Waals surface area contributed by atoms with Gasteiger partial charge in [0, 0.05) is 58.4 Å². The Morgan fingerprint density at radius 2 is 1.78 bits per heavy atom. The molecule has 0 bridgehead atoms. The Kier molecular flexibility index (Phi) is 6.28. The molecule has 27 heavy (non-hydrogen) atoms. The molecule has 2 amide bonds. The van der Waals surface area contributed by atoms with E-state index < -0.39 is 0 Å². The van der Waals surface area contributed by atoms with E-state index in [1.165, 1.54) is 10.7 Å².